The Morgan fingerprint density at radius 3 is 2.75 bits per heavy atom. The van der Waals surface area contributed by atoms with Gasteiger partial charge in [-0.25, -0.2) is 14.2 Å². The molecule has 0 unspecified atom stereocenters. The number of carbonyl (C=O) groups is 1. The standard InChI is InChI=1S/C17H20FN3O3/c18-13-7-11(17(22)23)8-14-16(13)19-15(10-20-4-1-2-5-20)21(14)9-12-3-6-24-12/h7-8,12H,1-6,9-10H2,(H,22,23)/t12-/m0/s1. The number of carboxylic acid groups (broad SMARTS) is 1. The van der Waals surface area contributed by atoms with Crippen LogP contribution in [0.25, 0.3) is 11.0 Å². The zero-order valence-electron chi connectivity index (χ0n) is 13.4. The lowest BCUT2D eigenvalue weighted by Gasteiger charge is -2.28. The summed E-state index contributed by atoms with van der Waals surface area (Å²) in [5.41, 5.74) is 0.731. The minimum Gasteiger partial charge on any atom is -0.478 e. The summed E-state index contributed by atoms with van der Waals surface area (Å²) in [7, 11) is 0. The third-order valence-electron chi connectivity index (χ3n) is 4.88. The molecule has 0 bridgehead atoms. The molecule has 2 saturated heterocycles. The van der Waals surface area contributed by atoms with E-state index in [9.17, 15) is 14.3 Å². The van der Waals surface area contributed by atoms with Crippen LogP contribution in [0, 0.1) is 5.82 Å². The van der Waals surface area contributed by atoms with E-state index in [4.69, 9.17) is 4.74 Å². The minimum absolute atomic E-state index is 0.0524. The van der Waals surface area contributed by atoms with Crippen LogP contribution in [-0.2, 0) is 17.8 Å². The van der Waals surface area contributed by atoms with Gasteiger partial charge >= 0.3 is 5.97 Å². The molecule has 1 N–H and O–H groups in total. The van der Waals surface area contributed by atoms with Crippen LogP contribution in [0.4, 0.5) is 4.39 Å². The molecule has 3 heterocycles. The van der Waals surface area contributed by atoms with E-state index in [-0.39, 0.29) is 17.2 Å². The average molecular weight is 333 g/mol. The molecule has 7 heteroatoms. The summed E-state index contributed by atoms with van der Waals surface area (Å²) >= 11 is 0. The number of hydrogen-bond acceptors (Lipinski definition) is 4. The highest BCUT2D eigenvalue weighted by Gasteiger charge is 2.25. The van der Waals surface area contributed by atoms with E-state index < -0.39 is 11.8 Å². The summed E-state index contributed by atoms with van der Waals surface area (Å²) in [6.45, 7) is 4.02. The maximum absolute atomic E-state index is 14.4. The largest absolute Gasteiger partial charge is 0.478 e. The quantitative estimate of drug-likeness (QED) is 0.909. The van der Waals surface area contributed by atoms with E-state index in [1.807, 2.05) is 4.57 Å². The van der Waals surface area contributed by atoms with Crippen LogP contribution in [0.5, 0.6) is 0 Å². The van der Waals surface area contributed by atoms with E-state index in [1.54, 1.807) is 0 Å². The van der Waals surface area contributed by atoms with Crippen molar-refractivity contribution in [1.82, 2.24) is 14.5 Å². The van der Waals surface area contributed by atoms with E-state index in [1.165, 1.54) is 18.9 Å². The number of likely N-dealkylation sites (tertiary alicyclic amines) is 1. The number of hydrogen-bond donors (Lipinski definition) is 1. The van der Waals surface area contributed by atoms with Crippen molar-refractivity contribution in [3.8, 4) is 0 Å². The van der Waals surface area contributed by atoms with Gasteiger partial charge in [-0.15, -0.1) is 0 Å². The van der Waals surface area contributed by atoms with Crippen LogP contribution >= 0.6 is 0 Å². The molecule has 4 rings (SSSR count). The topological polar surface area (TPSA) is 67.6 Å². The highest BCUT2D eigenvalue weighted by molar-refractivity contribution is 5.92. The number of fused-ring (bicyclic) bond motifs is 1. The van der Waals surface area contributed by atoms with Crippen LogP contribution in [0.15, 0.2) is 12.1 Å². The molecule has 0 saturated carbocycles. The molecule has 0 amide bonds. The van der Waals surface area contributed by atoms with Crippen molar-refractivity contribution in [1.29, 1.82) is 0 Å². The highest BCUT2D eigenvalue weighted by atomic mass is 19.1. The summed E-state index contributed by atoms with van der Waals surface area (Å²) in [4.78, 5) is 18.0. The lowest BCUT2D eigenvalue weighted by atomic mass is 10.1. The Balaban J connectivity index is 1.78. The SMILES string of the molecule is O=C(O)c1cc(F)c2nc(CN3CCCC3)n(C[C@@H]3CCO3)c2c1. The summed E-state index contributed by atoms with van der Waals surface area (Å²) in [5.74, 6) is -0.936. The molecule has 24 heavy (non-hydrogen) atoms. The fraction of sp³-hybridized carbons (Fsp3) is 0.529. The number of benzene rings is 1. The predicted molar refractivity (Wildman–Crippen MR) is 85.5 cm³/mol. The van der Waals surface area contributed by atoms with Gasteiger partial charge in [0.1, 0.15) is 11.3 Å². The summed E-state index contributed by atoms with van der Waals surface area (Å²) in [6.07, 6.45) is 3.40. The van der Waals surface area contributed by atoms with Gasteiger partial charge in [-0.1, -0.05) is 0 Å². The normalized spacial score (nSPS) is 21.3. The molecule has 1 aromatic carbocycles. The van der Waals surface area contributed by atoms with Gasteiger partial charge in [0.25, 0.3) is 0 Å². The van der Waals surface area contributed by atoms with Crippen molar-refractivity contribution in [3.05, 3.63) is 29.3 Å². The zero-order chi connectivity index (χ0) is 16.7. The van der Waals surface area contributed by atoms with Crippen molar-refractivity contribution < 1.29 is 19.0 Å². The summed E-state index contributed by atoms with van der Waals surface area (Å²) in [5, 5.41) is 9.21. The van der Waals surface area contributed by atoms with Gasteiger partial charge in [0.15, 0.2) is 5.82 Å². The molecule has 0 aliphatic carbocycles. The summed E-state index contributed by atoms with van der Waals surface area (Å²) < 4.78 is 21.8. The molecule has 2 aliphatic heterocycles. The first-order valence-corrected chi connectivity index (χ1v) is 8.38. The predicted octanol–water partition coefficient (Wildman–Crippen LogP) is 2.26. The lowest BCUT2D eigenvalue weighted by molar-refractivity contribution is -0.0591. The number of halogens is 1. The van der Waals surface area contributed by atoms with Gasteiger partial charge in [0.2, 0.25) is 0 Å². The zero-order valence-corrected chi connectivity index (χ0v) is 13.4. The van der Waals surface area contributed by atoms with Gasteiger partial charge in [-0.2, -0.15) is 0 Å². The van der Waals surface area contributed by atoms with Crippen molar-refractivity contribution >= 4 is 17.0 Å². The monoisotopic (exact) mass is 333 g/mol. The third-order valence-corrected chi connectivity index (χ3v) is 4.88. The molecule has 6 nitrogen and oxygen atoms in total. The van der Waals surface area contributed by atoms with Crippen LogP contribution < -0.4 is 0 Å². The minimum atomic E-state index is -1.13. The van der Waals surface area contributed by atoms with Crippen LogP contribution in [-0.4, -0.2) is 51.3 Å². The number of rotatable bonds is 5. The van der Waals surface area contributed by atoms with E-state index in [2.05, 4.69) is 9.88 Å². The smallest absolute Gasteiger partial charge is 0.335 e. The molecule has 2 aromatic rings. The van der Waals surface area contributed by atoms with Gasteiger partial charge in [0, 0.05) is 6.61 Å². The number of ether oxygens (including phenoxy) is 1. The number of carboxylic acids is 1. The number of aromatic nitrogens is 2. The molecule has 1 atom stereocenters. The molecular weight excluding hydrogens is 313 g/mol. The Bertz CT molecular complexity index is 779. The number of aromatic carboxylic acids is 1. The molecule has 128 valence electrons. The van der Waals surface area contributed by atoms with E-state index in [0.29, 0.717) is 18.6 Å². The summed E-state index contributed by atoms with van der Waals surface area (Å²) in [6, 6.07) is 2.56. The molecule has 0 spiro atoms. The van der Waals surface area contributed by atoms with Crippen LogP contribution in [0.1, 0.15) is 35.4 Å². The fourth-order valence-corrected chi connectivity index (χ4v) is 3.45. The Hall–Kier alpha value is -1.99. The second-order valence-corrected chi connectivity index (χ2v) is 6.53. The van der Waals surface area contributed by atoms with E-state index in [0.717, 1.165) is 38.0 Å². The number of nitrogens with zero attached hydrogens (tertiary/aromatic N) is 3. The Kier molecular flexibility index (Phi) is 3.97. The highest BCUT2D eigenvalue weighted by Crippen LogP contribution is 2.26. The molecule has 2 aliphatic rings. The first-order valence-electron chi connectivity index (χ1n) is 8.38. The number of imidazole rings is 1. The third kappa shape index (κ3) is 2.78. The Morgan fingerprint density at radius 1 is 1.38 bits per heavy atom. The molecule has 2 fully saturated rings. The van der Waals surface area contributed by atoms with Crippen molar-refractivity contribution in [3.63, 3.8) is 0 Å². The fourth-order valence-electron chi connectivity index (χ4n) is 3.45. The molecular formula is C17H20FN3O3. The maximum Gasteiger partial charge on any atom is 0.335 e. The van der Waals surface area contributed by atoms with Gasteiger partial charge < -0.3 is 14.4 Å². The first-order chi connectivity index (χ1) is 11.6. The van der Waals surface area contributed by atoms with Crippen molar-refractivity contribution in [2.75, 3.05) is 19.7 Å². The Labute approximate surface area is 138 Å². The molecule has 1 aromatic heterocycles. The maximum atomic E-state index is 14.4. The van der Waals surface area contributed by atoms with Gasteiger partial charge in [-0.05, 0) is 44.5 Å². The molecule has 0 radical (unpaired) electrons. The second-order valence-electron chi connectivity index (χ2n) is 6.53. The first kappa shape index (κ1) is 15.5. The van der Waals surface area contributed by atoms with Gasteiger partial charge in [-0.3, -0.25) is 4.90 Å². The van der Waals surface area contributed by atoms with Crippen LogP contribution in [0.3, 0.4) is 0 Å². The Morgan fingerprint density at radius 2 is 2.12 bits per heavy atom. The van der Waals surface area contributed by atoms with Crippen LogP contribution in [0.2, 0.25) is 0 Å². The van der Waals surface area contributed by atoms with E-state index >= 15 is 0 Å². The van der Waals surface area contributed by atoms with Crippen molar-refractivity contribution in [2.45, 2.75) is 38.5 Å². The van der Waals surface area contributed by atoms with Gasteiger partial charge in [0.05, 0.1) is 30.3 Å². The average Bonchev–Trinajstić information content (AvgIpc) is 3.11. The van der Waals surface area contributed by atoms with Crippen molar-refractivity contribution in [2.24, 2.45) is 0 Å². The lowest BCUT2D eigenvalue weighted by Crippen LogP contribution is -2.32. The second kappa shape index (κ2) is 6.14.